The predicted molar refractivity (Wildman–Crippen MR) is 70.8 cm³/mol. The summed E-state index contributed by atoms with van der Waals surface area (Å²) in [6, 6.07) is 12.0. The van der Waals surface area contributed by atoms with E-state index in [1.807, 2.05) is 30.3 Å². The van der Waals surface area contributed by atoms with Crippen molar-refractivity contribution in [3.8, 4) is 5.75 Å². The van der Waals surface area contributed by atoms with Gasteiger partial charge in [0.15, 0.2) is 0 Å². The average molecular weight is 244 g/mol. The number of ether oxygens (including phenoxy) is 2. The highest BCUT2D eigenvalue weighted by molar-refractivity contribution is 5.87. The van der Waals surface area contributed by atoms with Gasteiger partial charge in [-0.05, 0) is 34.9 Å². The van der Waals surface area contributed by atoms with Crippen LogP contribution in [0.5, 0.6) is 5.75 Å². The quantitative estimate of drug-likeness (QED) is 0.776. The average Bonchev–Trinajstić information content (AvgIpc) is 2.43. The molecule has 18 heavy (non-hydrogen) atoms. The van der Waals surface area contributed by atoms with Crippen LogP contribution in [0.2, 0.25) is 0 Å². The second kappa shape index (κ2) is 5.54. The monoisotopic (exact) mass is 244 g/mol. The number of benzene rings is 2. The molecule has 0 amide bonds. The van der Waals surface area contributed by atoms with Crippen molar-refractivity contribution in [1.29, 1.82) is 0 Å². The van der Waals surface area contributed by atoms with Crippen molar-refractivity contribution in [3.05, 3.63) is 42.0 Å². The van der Waals surface area contributed by atoms with E-state index in [9.17, 15) is 4.79 Å². The van der Waals surface area contributed by atoms with Crippen LogP contribution in [-0.2, 0) is 16.0 Å². The Balaban J connectivity index is 2.34. The van der Waals surface area contributed by atoms with Crippen molar-refractivity contribution in [1.82, 2.24) is 0 Å². The largest absolute Gasteiger partial charge is 0.497 e. The molecule has 2 aromatic carbocycles. The first-order valence-electron chi connectivity index (χ1n) is 5.87. The Bertz CT molecular complexity index is 561. The van der Waals surface area contributed by atoms with Crippen molar-refractivity contribution in [2.45, 2.75) is 12.8 Å². The van der Waals surface area contributed by atoms with Crippen LogP contribution in [0.3, 0.4) is 0 Å². The summed E-state index contributed by atoms with van der Waals surface area (Å²) in [7, 11) is 3.06. The molecule has 0 N–H and O–H groups in total. The number of methoxy groups -OCH3 is 2. The molecule has 0 saturated carbocycles. The summed E-state index contributed by atoms with van der Waals surface area (Å²) in [5.74, 6) is 0.642. The number of carbonyl (C=O) groups is 1. The van der Waals surface area contributed by atoms with Gasteiger partial charge in [0.1, 0.15) is 5.75 Å². The van der Waals surface area contributed by atoms with Crippen LogP contribution < -0.4 is 4.74 Å². The minimum atomic E-state index is -0.185. The van der Waals surface area contributed by atoms with E-state index >= 15 is 0 Å². The van der Waals surface area contributed by atoms with Crippen LogP contribution in [0, 0.1) is 0 Å². The summed E-state index contributed by atoms with van der Waals surface area (Å²) in [5.41, 5.74) is 1.14. The fourth-order valence-corrected chi connectivity index (χ4v) is 2.00. The highest BCUT2D eigenvalue weighted by atomic mass is 16.5. The van der Waals surface area contributed by atoms with Crippen LogP contribution in [0.15, 0.2) is 36.4 Å². The lowest BCUT2D eigenvalue weighted by atomic mass is 10.0. The van der Waals surface area contributed by atoms with Gasteiger partial charge < -0.3 is 9.47 Å². The molecule has 0 bridgehead atoms. The molecule has 0 heterocycles. The SMILES string of the molecule is COC(=O)CCc1cccc2ccc(OC)cc12. The fourth-order valence-electron chi connectivity index (χ4n) is 2.00. The zero-order valence-corrected chi connectivity index (χ0v) is 10.6. The van der Waals surface area contributed by atoms with Gasteiger partial charge in [-0.25, -0.2) is 0 Å². The molecule has 0 radical (unpaired) electrons. The maximum atomic E-state index is 11.2. The number of fused-ring (bicyclic) bond motifs is 1. The van der Waals surface area contributed by atoms with Gasteiger partial charge in [0, 0.05) is 6.42 Å². The maximum Gasteiger partial charge on any atom is 0.305 e. The van der Waals surface area contributed by atoms with E-state index in [0.717, 1.165) is 22.1 Å². The molecular weight excluding hydrogens is 228 g/mol. The Kier molecular flexibility index (Phi) is 3.82. The molecule has 0 aromatic heterocycles. The molecule has 0 spiro atoms. The summed E-state index contributed by atoms with van der Waals surface area (Å²) in [6.45, 7) is 0. The molecule has 0 aliphatic heterocycles. The number of hydrogen-bond acceptors (Lipinski definition) is 3. The zero-order valence-electron chi connectivity index (χ0n) is 10.6. The molecule has 0 saturated heterocycles. The number of aryl methyl sites for hydroxylation is 1. The lowest BCUT2D eigenvalue weighted by Crippen LogP contribution is -2.02. The van der Waals surface area contributed by atoms with E-state index in [2.05, 4.69) is 10.8 Å². The number of hydrogen-bond donors (Lipinski definition) is 0. The minimum Gasteiger partial charge on any atom is -0.497 e. The topological polar surface area (TPSA) is 35.5 Å². The molecule has 2 aromatic rings. The van der Waals surface area contributed by atoms with Crippen molar-refractivity contribution < 1.29 is 14.3 Å². The molecule has 0 unspecified atom stereocenters. The van der Waals surface area contributed by atoms with E-state index in [0.29, 0.717) is 12.8 Å². The third kappa shape index (κ3) is 2.62. The first-order chi connectivity index (χ1) is 8.74. The van der Waals surface area contributed by atoms with Crippen LogP contribution in [0.25, 0.3) is 10.8 Å². The third-order valence-corrected chi connectivity index (χ3v) is 3.01. The van der Waals surface area contributed by atoms with Crippen LogP contribution in [0.1, 0.15) is 12.0 Å². The zero-order chi connectivity index (χ0) is 13.0. The molecule has 0 atom stereocenters. The predicted octanol–water partition coefficient (Wildman–Crippen LogP) is 2.95. The normalized spacial score (nSPS) is 10.3. The van der Waals surface area contributed by atoms with Gasteiger partial charge in [0.2, 0.25) is 0 Å². The smallest absolute Gasteiger partial charge is 0.305 e. The Morgan fingerprint density at radius 3 is 2.72 bits per heavy atom. The van der Waals surface area contributed by atoms with Crippen LogP contribution in [0.4, 0.5) is 0 Å². The third-order valence-electron chi connectivity index (χ3n) is 3.01. The van der Waals surface area contributed by atoms with E-state index in [1.165, 1.54) is 7.11 Å². The molecule has 2 rings (SSSR count). The highest BCUT2D eigenvalue weighted by Gasteiger charge is 2.06. The Hall–Kier alpha value is -2.03. The molecule has 0 aliphatic rings. The van der Waals surface area contributed by atoms with Crippen molar-refractivity contribution in [2.75, 3.05) is 14.2 Å². The summed E-state index contributed by atoms with van der Waals surface area (Å²) in [6.07, 6.45) is 1.07. The first kappa shape index (κ1) is 12.4. The van der Waals surface area contributed by atoms with E-state index in [-0.39, 0.29) is 5.97 Å². The first-order valence-corrected chi connectivity index (χ1v) is 5.87. The fraction of sp³-hybridized carbons (Fsp3) is 0.267. The molecule has 0 aliphatic carbocycles. The van der Waals surface area contributed by atoms with Crippen molar-refractivity contribution in [2.24, 2.45) is 0 Å². The summed E-state index contributed by atoms with van der Waals surface area (Å²) >= 11 is 0. The Labute approximate surface area is 106 Å². The summed E-state index contributed by atoms with van der Waals surface area (Å²) in [5, 5.41) is 2.28. The van der Waals surface area contributed by atoms with Crippen LogP contribution >= 0.6 is 0 Å². The van der Waals surface area contributed by atoms with Crippen LogP contribution in [-0.4, -0.2) is 20.2 Å². The number of esters is 1. The molecule has 3 nitrogen and oxygen atoms in total. The number of carbonyl (C=O) groups excluding carboxylic acids is 1. The Morgan fingerprint density at radius 1 is 1.17 bits per heavy atom. The lowest BCUT2D eigenvalue weighted by Gasteiger charge is -2.08. The molecule has 3 heteroatoms. The lowest BCUT2D eigenvalue weighted by molar-refractivity contribution is -0.140. The van der Waals surface area contributed by atoms with E-state index in [4.69, 9.17) is 4.74 Å². The standard InChI is InChI=1S/C15H16O3/c1-17-13-8-6-11-4-3-5-12(14(11)10-13)7-9-15(16)18-2/h3-6,8,10H,7,9H2,1-2H3. The van der Waals surface area contributed by atoms with Gasteiger partial charge in [-0.1, -0.05) is 24.3 Å². The highest BCUT2D eigenvalue weighted by Crippen LogP contribution is 2.24. The summed E-state index contributed by atoms with van der Waals surface area (Å²) < 4.78 is 9.90. The molecule has 94 valence electrons. The van der Waals surface area contributed by atoms with Gasteiger partial charge in [-0.2, -0.15) is 0 Å². The second-order valence-corrected chi connectivity index (χ2v) is 4.08. The van der Waals surface area contributed by atoms with Crippen molar-refractivity contribution in [3.63, 3.8) is 0 Å². The van der Waals surface area contributed by atoms with Gasteiger partial charge in [-0.15, -0.1) is 0 Å². The van der Waals surface area contributed by atoms with Gasteiger partial charge in [0.05, 0.1) is 14.2 Å². The molecular formula is C15H16O3. The summed E-state index contributed by atoms with van der Waals surface area (Å²) in [4.78, 5) is 11.2. The second-order valence-electron chi connectivity index (χ2n) is 4.08. The van der Waals surface area contributed by atoms with Gasteiger partial charge in [0.25, 0.3) is 0 Å². The van der Waals surface area contributed by atoms with Gasteiger partial charge >= 0.3 is 5.97 Å². The number of rotatable bonds is 4. The maximum absolute atomic E-state index is 11.2. The minimum absolute atomic E-state index is 0.185. The molecule has 0 fully saturated rings. The van der Waals surface area contributed by atoms with Gasteiger partial charge in [-0.3, -0.25) is 4.79 Å². The Morgan fingerprint density at radius 2 is 2.00 bits per heavy atom. The van der Waals surface area contributed by atoms with E-state index < -0.39 is 0 Å². The van der Waals surface area contributed by atoms with Crippen molar-refractivity contribution >= 4 is 16.7 Å². The van der Waals surface area contributed by atoms with E-state index in [1.54, 1.807) is 7.11 Å².